The summed E-state index contributed by atoms with van der Waals surface area (Å²) in [5.41, 5.74) is 4.20. The first-order chi connectivity index (χ1) is 13.8. The molecule has 29 heavy (non-hydrogen) atoms. The number of hydrogen-bond donors (Lipinski definition) is 2. The number of anilines is 1. The van der Waals surface area contributed by atoms with Crippen molar-refractivity contribution < 1.29 is 4.79 Å². The van der Waals surface area contributed by atoms with Gasteiger partial charge in [-0.2, -0.15) is 0 Å². The van der Waals surface area contributed by atoms with E-state index in [9.17, 15) is 4.79 Å². The van der Waals surface area contributed by atoms with Crippen molar-refractivity contribution in [1.29, 1.82) is 0 Å². The van der Waals surface area contributed by atoms with Crippen LogP contribution in [0.15, 0.2) is 59.9 Å². The Balaban J connectivity index is 1.79. The molecule has 0 saturated heterocycles. The third-order valence-electron chi connectivity index (χ3n) is 4.40. The fourth-order valence-electron chi connectivity index (χ4n) is 2.68. The van der Waals surface area contributed by atoms with Crippen LogP contribution in [-0.4, -0.2) is 22.9 Å². The van der Waals surface area contributed by atoms with E-state index in [1.165, 1.54) is 23.7 Å². The number of halogens is 1. The van der Waals surface area contributed by atoms with Gasteiger partial charge in [-0.1, -0.05) is 44.5 Å². The average molecular weight is 427 g/mol. The van der Waals surface area contributed by atoms with Crippen molar-refractivity contribution in [1.82, 2.24) is 15.3 Å². The molecule has 2 heterocycles. The molecule has 0 aliphatic heterocycles. The number of nitrogens with zero attached hydrogens (tertiary/aromatic N) is 2. The van der Waals surface area contributed by atoms with Crippen LogP contribution < -0.4 is 10.0 Å². The van der Waals surface area contributed by atoms with Gasteiger partial charge >= 0.3 is 0 Å². The molecule has 7 heteroatoms. The van der Waals surface area contributed by atoms with Gasteiger partial charge in [0.15, 0.2) is 5.15 Å². The summed E-state index contributed by atoms with van der Waals surface area (Å²) in [4.78, 5) is 21.4. The maximum Gasteiger partial charge on any atom is 0.252 e. The van der Waals surface area contributed by atoms with E-state index in [1.807, 2.05) is 6.07 Å². The highest BCUT2D eigenvalue weighted by Crippen LogP contribution is 2.31. The minimum Gasteiger partial charge on any atom is -0.355 e. The SMILES string of the molecule is CNC(=O)c1cncc(-c2cnc(Cl)c(NSc3ccc(C(C)(C)C)cc3)c2)c1. The van der Waals surface area contributed by atoms with Crippen LogP contribution in [0.3, 0.4) is 0 Å². The largest absolute Gasteiger partial charge is 0.355 e. The molecule has 2 N–H and O–H groups in total. The predicted octanol–water partition coefficient (Wildman–Crippen LogP) is 5.57. The van der Waals surface area contributed by atoms with Gasteiger partial charge in [0.05, 0.1) is 11.3 Å². The van der Waals surface area contributed by atoms with Crippen molar-refractivity contribution in [2.75, 3.05) is 11.8 Å². The number of amides is 1. The number of rotatable bonds is 5. The van der Waals surface area contributed by atoms with Crippen LogP contribution in [0.25, 0.3) is 11.1 Å². The highest BCUT2D eigenvalue weighted by atomic mass is 35.5. The molecule has 0 atom stereocenters. The van der Waals surface area contributed by atoms with Crippen LogP contribution >= 0.6 is 23.5 Å². The normalized spacial score (nSPS) is 11.2. The van der Waals surface area contributed by atoms with E-state index in [0.717, 1.165) is 16.0 Å². The maximum atomic E-state index is 11.9. The molecule has 0 bridgehead atoms. The van der Waals surface area contributed by atoms with Gasteiger partial charge < -0.3 is 10.0 Å². The molecule has 1 aromatic carbocycles. The van der Waals surface area contributed by atoms with Crippen LogP contribution in [0.2, 0.25) is 5.15 Å². The van der Waals surface area contributed by atoms with E-state index >= 15 is 0 Å². The van der Waals surface area contributed by atoms with E-state index in [-0.39, 0.29) is 11.3 Å². The Bertz CT molecular complexity index is 1020. The minimum atomic E-state index is -0.186. The summed E-state index contributed by atoms with van der Waals surface area (Å²) in [7, 11) is 1.59. The average Bonchev–Trinajstić information content (AvgIpc) is 2.72. The highest BCUT2D eigenvalue weighted by molar-refractivity contribution is 8.00. The lowest BCUT2D eigenvalue weighted by atomic mass is 9.87. The number of carbonyl (C=O) groups excluding carboxylic acids is 1. The number of benzene rings is 1. The Labute approximate surface area is 180 Å². The van der Waals surface area contributed by atoms with Crippen LogP contribution in [0, 0.1) is 0 Å². The maximum absolute atomic E-state index is 11.9. The molecule has 0 unspecified atom stereocenters. The molecular formula is C22H23ClN4OS. The highest BCUT2D eigenvalue weighted by Gasteiger charge is 2.13. The summed E-state index contributed by atoms with van der Waals surface area (Å²) in [6.07, 6.45) is 4.89. The van der Waals surface area contributed by atoms with Crippen molar-refractivity contribution in [2.45, 2.75) is 31.1 Å². The minimum absolute atomic E-state index is 0.120. The Hall–Kier alpha value is -2.57. The number of hydrogen-bond acceptors (Lipinski definition) is 5. The van der Waals surface area contributed by atoms with E-state index in [2.05, 4.69) is 65.0 Å². The van der Waals surface area contributed by atoms with E-state index in [4.69, 9.17) is 11.6 Å². The topological polar surface area (TPSA) is 66.9 Å². The molecule has 0 aliphatic carbocycles. The van der Waals surface area contributed by atoms with Crippen molar-refractivity contribution in [3.63, 3.8) is 0 Å². The Morgan fingerprint density at radius 3 is 2.38 bits per heavy atom. The lowest BCUT2D eigenvalue weighted by molar-refractivity contribution is 0.0963. The predicted molar refractivity (Wildman–Crippen MR) is 120 cm³/mol. The zero-order chi connectivity index (χ0) is 21.0. The van der Waals surface area contributed by atoms with Crippen molar-refractivity contribution >= 4 is 35.1 Å². The third kappa shape index (κ3) is 5.28. The van der Waals surface area contributed by atoms with Crippen LogP contribution in [0.4, 0.5) is 5.69 Å². The van der Waals surface area contributed by atoms with Gasteiger partial charge in [0.25, 0.3) is 5.91 Å². The van der Waals surface area contributed by atoms with Crippen LogP contribution in [-0.2, 0) is 5.41 Å². The van der Waals surface area contributed by atoms with Gasteiger partial charge in [0, 0.05) is 41.7 Å². The summed E-state index contributed by atoms with van der Waals surface area (Å²) < 4.78 is 3.27. The van der Waals surface area contributed by atoms with Crippen LogP contribution in [0.5, 0.6) is 0 Å². The quantitative estimate of drug-likeness (QED) is 0.412. The zero-order valence-electron chi connectivity index (χ0n) is 16.8. The second-order valence-electron chi connectivity index (χ2n) is 7.58. The lowest BCUT2D eigenvalue weighted by Crippen LogP contribution is -2.17. The number of carbonyl (C=O) groups is 1. The van der Waals surface area contributed by atoms with Crippen molar-refractivity contribution in [2.24, 2.45) is 0 Å². The molecule has 1 amide bonds. The number of nitrogens with one attached hydrogen (secondary N) is 2. The second kappa shape index (κ2) is 8.84. The van der Waals surface area contributed by atoms with Crippen molar-refractivity contribution in [3.05, 3.63) is 71.3 Å². The fourth-order valence-corrected chi connectivity index (χ4v) is 3.54. The molecule has 2 aromatic heterocycles. The van der Waals surface area contributed by atoms with Crippen molar-refractivity contribution in [3.8, 4) is 11.1 Å². The molecular weight excluding hydrogens is 404 g/mol. The zero-order valence-corrected chi connectivity index (χ0v) is 18.4. The number of pyridine rings is 2. The van der Waals surface area contributed by atoms with E-state index in [1.54, 1.807) is 25.5 Å². The third-order valence-corrected chi connectivity index (χ3v) is 5.53. The first kappa shape index (κ1) is 21.1. The first-order valence-electron chi connectivity index (χ1n) is 9.14. The molecule has 0 saturated carbocycles. The van der Waals surface area contributed by atoms with Gasteiger partial charge in [-0.05, 0) is 47.2 Å². The molecule has 0 spiro atoms. The Morgan fingerprint density at radius 1 is 1.03 bits per heavy atom. The summed E-state index contributed by atoms with van der Waals surface area (Å²) in [6, 6.07) is 12.1. The first-order valence-corrected chi connectivity index (χ1v) is 10.3. The smallest absolute Gasteiger partial charge is 0.252 e. The molecule has 0 radical (unpaired) electrons. The second-order valence-corrected chi connectivity index (χ2v) is 8.82. The molecule has 150 valence electrons. The van der Waals surface area contributed by atoms with Gasteiger partial charge in [0.2, 0.25) is 0 Å². The molecule has 0 aliphatic rings. The van der Waals surface area contributed by atoms with E-state index < -0.39 is 0 Å². The summed E-state index contributed by atoms with van der Waals surface area (Å²) in [5.74, 6) is -0.186. The Kier molecular flexibility index (Phi) is 6.45. The fraction of sp³-hybridized carbons (Fsp3) is 0.227. The van der Waals surface area contributed by atoms with Crippen LogP contribution in [0.1, 0.15) is 36.7 Å². The number of aromatic nitrogens is 2. The molecule has 5 nitrogen and oxygen atoms in total. The molecule has 0 fully saturated rings. The van der Waals surface area contributed by atoms with Gasteiger partial charge in [-0.3, -0.25) is 9.78 Å². The Morgan fingerprint density at radius 2 is 1.72 bits per heavy atom. The molecule has 3 aromatic rings. The summed E-state index contributed by atoms with van der Waals surface area (Å²) >= 11 is 7.74. The van der Waals surface area contributed by atoms with E-state index in [0.29, 0.717) is 16.4 Å². The summed E-state index contributed by atoms with van der Waals surface area (Å²) in [5, 5.41) is 2.98. The van der Waals surface area contributed by atoms with Gasteiger partial charge in [0.1, 0.15) is 0 Å². The standard InChI is InChI=1S/C22H23ClN4OS/c1-22(2,3)17-5-7-18(8-6-17)29-27-19-10-15(13-26-20(19)23)14-9-16(12-25-11-14)21(28)24-4/h5-13,27H,1-4H3,(H,24,28). The molecule has 3 rings (SSSR count). The van der Waals surface area contributed by atoms with Gasteiger partial charge in [-0.25, -0.2) is 4.98 Å². The van der Waals surface area contributed by atoms with Gasteiger partial charge in [-0.15, -0.1) is 0 Å². The lowest BCUT2D eigenvalue weighted by Gasteiger charge is -2.19. The summed E-state index contributed by atoms with van der Waals surface area (Å²) in [6.45, 7) is 6.58. The monoisotopic (exact) mass is 426 g/mol.